The third kappa shape index (κ3) is 2.81. The van der Waals surface area contributed by atoms with Crippen molar-refractivity contribution in [3.05, 3.63) is 24.3 Å². The molecule has 0 spiro atoms. The van der Waals surface area contributed by atoms with Gasteiger partial charge in [0.15, 0.2) is 0 Å². The van der Waals surface area contributed by atoms with Crippen LogP contribution < -0.4 is 10.0 Å². The normalized spacial score (nSPS) is 20.2. The Bertz CT molecular complexity index is 607. The van der Waals surface area contributed by atoms with E-state index in [1.54, 1.807) is 19.1 Å². The molecule has 1 saturated carbocycles. The summed E-state index contributed by atoms with van der Waals surface area (Å²) in [7, 11) is -3.44. The van der Waals surface area contributed by atoms with E-state index in [9.17, 15) is 8.42 Å². The molecule has 1 fully saturated rings. The first-order chi connectivity index (χ1) is 9.64. The van der Waals surface area contributed by atoms with Gasteiger partial charge in [-0.15, -0.1) is 0 Å². The van der Waals surface area contributed by atoms with Crippen LogP contribution >= 0.6 is 0 Å². The average Bonchev–Trinajstić information content (AvgIpc) is 2.77. The first-order valence-corrected chi connectivity index (χ1v) is 8.95. The van der Waals surface area contributed by atoms with E-state index in [0.717, 1.165) is 6.54 Å². The Balaban J connectivity index is 2.16. The molecular formula is C16H26N2O2S. The minimum atomic E-state index is -3.44. The SMILES string of the molecule is CCNS(=O)(=O)c1ccccc1NCC1C(C)(C)C1(C)C. The van der Waals surface area contributed by atoms with Crippen LogP contribution in [0, 0.1) is 16.7 Å². The van der Waals surface area contributed by atoms with Gasteiger partial charge in [0.1, 0.15) is 4.90 Å². The molecule has 21 heavy (non-hydrogen) atoms. The predicted molar refractivity (Wildman–Crippen MR) is 86.8 cm³/mol. The fraction of sp³-hybridized carbons (Fsp3) is 0.625. The molecule has 4 nitrogen and oxygen atoms in total. The van der Waals surface area contributed by atoms with Gasteiger partial charge in [-0.1, -0.05) is 46.8 Å². The molecule has 1 aromatic rings. The lowest BCUT2D eigenvalue weighted by atomic mass is 10.0. The molecule has 0 aliphatic heterocycles. The monoisotopic (exact) mass is 310 g/mol. The zero-order valence-corrected chi connectivity index (χ0v) is 14.3. The highest BCUT2D eigenvalue weighted by Gasteiger charge is 2.64. The summed E-state index contributed by atoms with van der Waals surface area (Å²) in [5.74, 6) is 0.542. The van der Waals surface area contributed by atoms with Crippen molar-refractivity contribution in [3.63, 3.8) is 0 Å². The van der Waals surface area contributed by atoms with Crippen LogP contribution in [0.5, 0.6) is 0 Å². The number of nitrogens with one attached hydrogen (secondary N) is 2. The number of para-hydroxylation sites is 1. The second-order valence-electron chi connectivity index (χ2n) is 6.87. The minimum Gasteiger partial charge on any atom is -0.384 e. The summed E-state index contributed by atoms with van der Waals surface area (Å²) in [4.78, 5) is 0.322. The molecule has 0 amide bonds. The van der Waals surface area contributed by atoms with Crippen molar-refractivity contribution in [3.8, 4) is 0 Å². The molecule has 1 aromatic carbocycles. The molecule has 0 aromatic heterocycles. The van der Waals surface area contributed by atoms with Crippen LogP contribution in [0.1, 0.15) is 34.6 Å². The quantitative estimate of drug-likeness (QED) is 0.849. The second-order valence-corrected chi connectivity index (χ2v) is 8.61. The van der Waals surface area contributed by atoms with Gasteiger partial charge in [-0.2, -0.15) is 0 Å². The van der Waals surface area contributed by atoms with Crippen molar-refractivity contribution in [2.45, 2.75) is 39.5 Å². The minimum absolute atomic E-state index is 0.287. The number of benzene rings is 1. The van der Waals surface area contributed by atoms with Crippen molar-refractivity contribution in [2.75, 3.05) is 18.4 Å². The number of sulfonamides is 1. The molecule has 118 valence electrons. The highest BCUT2D eigenvalue weighted by atomic mass is 32.2. The summed E-state index contributed by atoms with van der Waals surface area (Å²) < 4.78 is 27.0. The van der Waals surface area contributed by atoms with Crippen LogP contribution in [-0.4, -0.2) is 21.5 Å². The van der Waals surface area contributed by atoms with E-state index in [1.165, 1.54) is 0 Å². The molecule has 1 aliphatic rings. The highest BCUT2D eigenvalue weighted by molar-refractivity contribution is 7.89. The van der Waals surface area contributed by atoms with Crippen LogP contribution in [0.2, 0.25) is 0 Å². The van der Waals surface area contributed by atoms with E-state index < -0.39 is 10.0 Å². The molecule has 0 radical (unpaired) electrons. The maximum absolute atomic E-state index is 12.2. The van der Waals surface area contributed by atoms with Crippen molar-refractivity contribution in [1.29, 1.82) is 0 Å². The fourth-order valence-electron chi connectivity index (χ4n) is 3.17. The van der Waals surface area contributed by atoms with Crippen LogP contribution in [-0.2, 0) is 10.0 Å². The summed E-state index contributed by atoms with van der Waals surface area (Å²) >= 11 is 0. The average molecular weight is 310 g/mol. The fourth-order valence-corrected chi connectivity index (χ4v) is 4.39. The molecule has 0 heterocycles. The zero-order chi connectivity index (χ0) is 15.9. The van der Waals surface area contributed by atoms with Gasteiger partial charge in [-0.25, -0.2) is 13.1 Å². The summed E-state index contributed by atoms with van der Waals surface area (Å²) in [6.45, 7) is 12.0. The van der Waals surface area contributed by atoms with Gasteiger partial charge in [0.2, 0.25) is 10.0 Å². The Morgan fingerprint density at radius 3 is 2.19 bits per heavy atom. The zero-order valence-electron chi connectivity index (χ0n) is 13.5. The molecule has 0 atom stereocenters. The first-order valence-electron chi connectivity index (χ1n) is 7.47. The van der Waals surface area contributed by atoms with Crippen LogP contribution in [0.15, 0.2) is 29.2 Å². The van der Waals surface area contributed by atoms with E-state index in [-0.39, 0.29) is 10.8 Å². The van der Waals surface area contributed by atoms with Crippen molar-refractivity contribution in [1.82, 2.24) is 4.72 Å². The molecule has 2 rings (SSSR count). The van der Waals surface area contributed by atoms with Gasteiger partial charge in [-0.3, -0.25) is 0 Å². The summed E-state index contributed by atoms with van der Waals surface area (Å²) in [6.07, 6.45) is 0. The third-order valence-corrected chi connectivity index (χ3v) is 6.93. The predicted octanol–water partition coefficient (Wildman–Crippen LogP) is 3.08. The number of rotatable bonds is 6. The van der Waals surface area contributed by atoms with Crippen molar-refractivity contribution >= 4 is 15.7 Å². The Labute approximate surface area is 128 Å². The molecule has 1 aliphatic carbocycles. The van der Waals surface area contributed by atoms with Gasteiger partial charge in [0, 0.05) is 13.1 Å². The highest BCUT2D eigenvalue weighted by Crippen LogP contribution is 2.68. The lowest BCUT2D eigenvalue weighted by Gasteiger charge is -2.13. The van der Waals surface area contributed by atoms with Crippen molar-refractivity contribution in [2.24, 2.45) is 16.7 Å². The van der Waals surface area contributed by atoms with E-state index in [2.05, 4.69) is 37.7 Å². The Kier molecular flexibility index (Phi) is 4.10. The Morgan fingerprint density at radius 1 is 1.10 bits per heavy atom. The van der Waals surface area contributed by atoms with Crippen LogP contribution in [0.3, 0.4) is 0 Å². The number of anilines is 1. The van der Waals surface area contributed by atoms with E-state index in [0.29, 0.717) is 23.0 Å². The topological polar surface area (TPSA) is 58.2 Å². The third-order valence-electron chi connectivity index (χ3n) is 5.33. The van der Waals surface area contributed by atoms with E-state index in [4.69, 9.17) is 0 Å². The van der Waals surface area contributed by atoms with Gasteiger partial charge in [0.25, 0.3) is 0 Å². The molecule has 5 heteroatoms. The standard InChI is InChI=1S/C16H26N2O2S/c1-6-18-21(19,20)13-10-8-7-9-12(13)17-11-14-15(2,3)16(14,4)5/h7-10,14,17-18H,6,11H2,1-5H3. The summed E-state index contributed by atoms with van der Waals surface area (Å²) in [5.41, 5.74) is 1.25. The molecule has 0 unspecified atom stereocenters. The molecule has 0 bridgehead atoms. The largest absolute Gasteiger partial charge is 0.384 e. The Morgan fingerprint density at radius 2 is 1.67 bits per heavy atom. The maximum Gasteiger partial charge on any atom is 0.242 e. The maximum atomic E-state index is 12.2. The number of hydrogen-bond donors (Lipinski definition) is 2. The van der Waals surface area contributed by atoms with Crippen LogP contribution in [0.25, 0.3) is 0 Å². The lowest BCUT2D eigenvalue weighted by Crippen LogP contribution is -2.24. The summed E-state index contributed by atoms with van der Waals surface area (Å²) in [5, 5.41) is 3.33. The summed E-state index contributed by atoms with van der Waals surface area (Å²) in [6, 6.07) is 7.08. The van der Waals surface area contributed by atoms with Gasteiger partial charge in [-0.05, 0) is 28.9 Å². The van der Waals surface area contributed by atoms with E-state index in [1.807, 2.05) is 12.1 Å². The second kappa shape index (κ2) is 5.29. The molecule has 0 saturated heterocycles. The van der Waals surface area contributed by atoms with E-state index >= 15 is 0 Å². The number of hydrogen-bond acceptors (Lipinski definition) is 3. The van der Waals surface area contributed by atoms with Gasteiger partial charge in [0.05, 0.1) is 5.69 Å². The Hall–Kier alpha value is -1.07. The molecular weight excluding hydrogens is 284 g/mol. The first kappa shape index (κ1) is 16.3. The van der Waals surface area contributed by atoms with Crippen LogP contribution in [0.4, 0.5) is 5.69 Å². The molecule has 2 N–H and O–H groups in total. The smallest absolute Gasteiger partial charge is 0.242 e. The van der Waals surface area contributed by atoms with Crippen molar-refractivity contribution < 1.29 is 8.42 Å². The van der Waals surface area contributed by atoms with Gasteiger partial charge >= 0.3 is 0 Å². The lowest BCUT2D eigenvalue weighted by molar-refractivity contribution is 0.457. The van der Waals surface area contributed by atoms with Gasteiger partial charge < -0.3 is 5.32 Å².